The Morgan fingerprint density at radius 1 is 1.00 bits per heavy atom. The van der Waals surface area contributed by atoms with E-state index in [9.17, 15) is 9.59 Å². The third kappa shape index (κ3) is 2.76. The zero-order valence-corrected chi connectivity index (χ0v) is 14.4. The molecule has 0 atom stereocenters. The summed E-state index contributed by atoms with van der Waals surface area (Å²) < 4.78 is 0. The Kier molecular flexibility index (Phi) is 3.92. The molecule has 0 radical (unpaired) electrons. The first-order valence-electron chi connectivity index (χ1n) is 8.82. The van der Waals surface area contributed by atoms with Crippen molar-refractivity contribution in [3.05, 3.63) is 65.2 Å². The molecule has 0 saturated carbocycles. The molecule has 2 aromatic carbocycles. The van der Waals surface area contributed by atoms with Crippen LogP contribution in [-0.4, -0.2) is 29.7 Å². The molecule has 1 fully saturated rings. The van der Waals surface area contributed by atoms with E-state index in [0.29, 0.717) is 5.56 Å². The van der Waals surface area contributed by atoms with Gasteiger partial charge < -0.3 is 5.32 Å². The van der Waals surface area contributed by atoms with Gasteiger partial charge in [0.05, 0.1) is 5.41 Å². The largest absolute Gasteiger partial charge is 0.325 e. The van der Waals surface area contributed by atoms with Crippen LogP contribution in [0.5, 0.6) is 0 Å². The highest BCUT2D eigenvalue weighted by atomic mass is 16.2. The van der Waals surface area contributed by atoms with E-state index in [4.69, 9.17) is 0 Å². The lowest BCUT2D eigenvalue weighted by Crippen LogP contribution is -2.47. The zero-order valence-electron chi connectivity index (χ0n) is 14.4. The quantitative estimate of drug-likeness (QED) is 0.876. The van der Waals surface area contributed by atoms with E-state index in [-0.39, 0.29) is 11.7 Å². The van der Waals surface area contributed by atoms with E-state index in [1.807, 2.05) is 18.2 Å². The highest BCUT2D eigenvalue weighted by Gasteiger charge is 2.46. The van der Waals surface area contributed by atoms with Crippen LogP contribution in [0.3, 0.4) is 0 Å². The van der Waals surface area contributed by atoms with Crippen LogP contribution in [0.2, 0.25) is 0 Å². The molecule has 2 bridgehead atoms. The highest BCUT2D eigenvalue weighted by molar-refractivity contribution is 6.00. The Balaban J connectivity index is 1.65. The Bertz CT molecular complexity index is 818. The van der Waals surface area contributed by atoms with Crippen LogP contribution in [0.15, 0.2) is 48.5 Å². The lowest BCUT2D eigenvalue weighted by molar-refractivity contribution is -0.123. The van der Waals surface area contributed by atoms with Gasteiger partial charge in [0.25, 0.3) is 0 Å². The van der Waals surface area contributed by atoms with Gasteiger partial charge in [-0.25, -0.2) is 0 Å². The van der Waals surface area contributed by atoms with Crippen molar-refractivity contribution in [3.8, 4) is 0 Å². The summed E-state index contributed by atoms with van der Waals surface area (Å²) in [4.78, 5) is 27.1. The van der Waals surface area contributed by atoms with Crippen LogP contribution in [0.4, 0.5) is 5.69 Å². The summed E-state index contributed by atoms with van der Waals surface area (Å²) in [5.41, 5.74) is 3.38. The number of Topliss-reactive ketones (excluding diaryl/α,β-unsaturated/α-hetero) is 1. The van der Waals surface area contributed by atoms with Crippen LogP contribution in [0, 0.1) is 0 Å². The van der Waals surface area contributed by atoms with E-state index in [2.05, 4.69) is 28.4 Å². The Hall–Kier alpha value is -2.46. The van der Waals surface area contributed by atoms with Crippen molar-refractivity contribution in [2.45, 2.75) is 31.7 Å². The lowest BCUT2D eigenvalue weighted by atomic mass is 9.72. The molecule has 4 nitrogen and oxygen atoms in total. The second kappa shape index (κ2) is 6.12. The molecule has 128 valence electrons. The van der Waals surface area contributed by atoms with Crippen LogP contribution >= 0.6 is 0 Å². The van der Waals surface area contributed by atoms with Crippen molar-refractivity contribution >= 4 is 17.4 Å². The number of carbonyl (C=O) groups excluding carboxylic acids is 2. The SMILES string of the molecule is CC(=O)c1ccc(NC(=O)C23CCN(CC2)Cc2ccccc23)cc1. The fraction of sp³-hybridized carbons (Fsp3) is 0.333. The summed E-state index contributed by atoms with van der Waals surface area (Å²) in [7, 11) is 0. The number of ketones is 1. The molecule has 0 unspecified atom stereocenters. The predicted octanol–water partition coefficient (Wildman–Crippen LogP) is 3.38. The van der Waals surface area contributed by atoms with Crippen molar-refractivity contribution in [3.63, 3.8) is 0 Å². The number of nitrogens with zero attached hydrogens (tertiary/aromatic N) is 1. The fourth-order valence-electron chi connectivity index (χ4n) is 4.12. The van der Waals surface area contributed by atoms with Gasteiger partial charge in [0, 0.05) is 17.8 Å². The minimum Gasteiger partial charge on any atom is -0.325 e. The molecular formula is C21H22N2O2. The van der Waals surface area contributed by atoms with Gasteiger partial charge in [-0.05, 0) is 68.2 Å². The number of fused-ring (bicyclic) bond motifs is 2. The van der Waals surface area contributed by atoms with Gasteiger partial charge >= 0.3 is 0 Å². The van der Waals surface area contributed by atoms with Gasteiger partial charge in [-0.2, -0.15) is 0 Å². The number of hydrogen-bond donors (Lipinski definition) is 1. The van der Waals surface area contributed by atoms with Crippen LogP contribution in [0.1, 0.15) is 41.3 Å². The molecule has 1 N–H and O–H groups in total. The van der Waals surface area contributed by atoms with Crippen molar-refractivity contribution in [2.24, 2.45) is 0 Å². The van der Waals surface area contributed by atoms with E-state index in [1.54, 1.807) is 19.1 Å². The van der Waals surface area contributed by atoms with Crippen LogP contribution in [-0.2, 0) is 16.8 Å². The predicted molar refractivity (Wildman–Crippen MR) is 97.7 cm³/mol. The van der Waals surface area contributed by atoms with Gasteiger partial charge in [0.15, 0.2) is 5.78 Å². The number of hydrogen-bond acceptors (Lipinski definition) is 3. The monoisotopic (exact) mass is 334 g/mol. The molecule has 4 heteroatoms. The summed E-state index contributed by atoms with van der Waals surface area (Å²) in [5, 5.41) is 3.09. The molecule has 0 spiro atoms. The maximum Gasteiger partial charge on any atom is 0.235 e. The Morgan fingerprint density at radius 2 is 1.68 bits per heavy atom. The first kappa shape index (κ1) is 16.0. The molecule has 3 heterocycles. The zero-order chi connectivity index (χ0) is 17.4. The molecule has 1 amide bonds. The number of carbonyl (C=O) groups is 2. The first-order valence-corrected chi connectivity index (χ1v) is 8.82. The average Bonchev–Trinajstić information content (AvgIpc) is 2.89. The van der Waals surface area contributed by atoms with Crippen LogP contribution in [0.25, 0.3) is 0 Å². The van der Waals surface area contributed by atoms with E-state index >= 15 is 0 Å². The summed E-state index contributed by atoms with van der Waals surface area (Å²) >= 11 is 0. The molecule has 3 aliphatic heterocycles. The van der Waals surface area contributed by atoms with Gasteiger partial charge in [0.2, 0.25) is 5.91 Å². The lowest BCUT2D eigenvalue weighted by Gasteiger charge is -2.37. The van der Waals surface area contributed by atoms with Gasteiger partial charge in [-0.1, -0.05) is 24.3 Å². The third-order valence-electron chi connectivity index (χ3n) is 5.62. The first-order chi connectivity index (χ1) is 12.1. The standard InChI is InChI=1S/C21H22N2O2/c1-15(24)16-6-8-18(9-7-16)22-20(25)21-10-12-23(13-11-21)14-17-4-2-3-5-19(17)21/h2-9H,10-14H2,1H3,(H,22,25). The average molecular weight is 334 g/mol. The summed E-state index contributed by atoms with van der Waals surface area (Å²) in [6.07, 6.45) is 1.70. The second-order valence-electron chi connectivity index (χ2n) is 7.10. The summed E-state index contributed by atoms with van der Waals surface area (Å²) in [6.45, 7) is 4.37. The topological polar surface area (TPSA) is 49.4 Å². The van der Waals surface area contributed by atoms with E-state index < -0.39 is 5.41 Å². The molecule has 0 aliphatic carbocycles. The molecular weight excluding hydrogens is 312 g/mol. The van der Waals surface area contributed by atoms with Gasteiger partial charge in [0.1, 0.15) is 0 Å². The molecule has 2 aromatic rings. The molecule has 3 aliphatic rings. The summed E-state index contributed by atoms with van der Waals surface area (Å²) in [5.74, 6) is 0.0959. The molecule has 1 saturated heterocycles. The van der Waals surface area contributed by atoms with Crippen molar-refractivity contribution in [1.82, 2.24) is 4.90 Å². The number of anilines is 1. The minimum atomic E-state index is -0.456. The van der Waals surface area contributed by atoms with Crippen molar-refractivity contribution in [2.75, 3.05) is 18.4 Å². The summed E-state index contributed by atoms with van der Waals surface area (Å²) in [6, 6.07) is 15.5. The van der Waals surface area contributed by atoms with Gasteiger partial charge in [-0.15, -0.1) is 0 Å². The molecule has 25 heavy (non-hydrogen) atoms. The number of amides is 1. The van der Waals surface area contributed by atoms with Gasteiger partial charge in [-0.3, -0.25) is 14.5 Å². The molecule has 0 aromatic heterocycles. The van der Waals surface area contributed by atoms with E-state index in [0.717, 1.165) is 38.2 Å². The number of nitrogens with one attached hydrogen (secondary N) is 1. The molecule has 5 rings (SSSR count). The second-order valence-corrected chi connectivity index (χ2v) is 7.10. The van der Waals surface area contributed by atoms with Crippen molar-refractivity contribution in [1.29, 1.82) is 0 Å². The van der Waals surface area contributed by atoms with Crippen LogP contribution < -0.4 is 5.32 Å². The van der Waals surface area contributed by atoms with Crippen molar-refractivity contribution < 1.29 is 9.59 Å². The minimum absolute atomic E-state index is 0.0292. The Labute approximate surface area is 147 Å². The number of benzene rings is 2. The smallest absolute Gasteiger partial charge is 0.235 e. The highest BCUT2D eigenvalue weighted by Crippen LogP contribution is 2.42. The van der Waals surface area contributed by atoms with E-state index in [1.165, 1.54) is 11.1 Å². The fourth-order valence-corrected chi connectivity index (χ4v) is 4.12. The maximum absolute atomic E-state index is 13.3. The number of rotatable bonds is 3. The Morgan fingerprint density at radius 3 is 2.36 bits per heavy atom. The normalized spacial score (nSPS) is 24.3. The third-order valence-corrected chi connectivity index (χ3v) is 5.62. The number of piperidine rings is 1. The maximum atomic E-state index is 13.3.